The van der Waals surface area contributed by atoms with E-state index in [1.165, 1.54) is 13.4 Å². The number of hydrogen-bond donors (Lipinski definition) is 0. The highest BCUT2D eigenvalue weighted by Crippen LogP contribution is 1.95. The number of methoxy groups -OCH3 is 1. The Morgan fingerprint density at radius 2 is 2.43 bits per heavy atom. The molecular formula is C11H8O3. The van der Waals surface area contributed by atoms with E-state index in [0.29, 0.717) is 5.76 Å². The van der Waals surface area contributed by atoms with E-state index in [1.807, 2.05) is 0 Å². The molecule has 0 unspecified atom stereocenters. The summed E-state index contributed by atoms with van der Waals surface area (Å²) in [5.41, 5.74) is 0. The maximum atomic E-state index is 10.6. The highest BCUT2D eigenvalue weighted by molar-refractivity contribution is 5.72. The third kappa shape index (κ3) is 3.51. The summed E-state index contributed by atoms with van der Waals surface area (Å²) in [5.74, 6) is 10.5. The molecule has 1 heterocycles. The number of ether oxygens (including phenoxy) is 1. The normalized spacial score (nSPS) is 7.79. The summed E-state index contributed by atoms with van der Waals surface area (Å²) >= 11 is 0. The summed E-state index contributed by atoms with van der Waals surface area (Å²) in [6, 6.07) is 3.47. The number of carbonyl (C=O) groups excluding carboxylic acids is 1. The molecule has 1 rings (SSSR count). The van der Waals surface area contributed by atoms with Crippen molar-refractivity contribution in [1.82, 2.24) is 0 Å². The molecule has 70 valence electrons. The standard InChI is InChI=1S/C11H8O3/c1-13-11(12)8-4-2-3-6-10-7-5-9-14-10/h5,7,9H,8H2,1H3. The monoisotopic (exact) mass is 188 g/mol. The van der Waals surface area contributed by atoms with Crippen molar-refractivity contribution in [2.45, 2.75) is 6.42 Å². The van der Waals surface area contributed by atoms with Gasteiger partial charge in [-0.25, -0.2) is 0 Å². The van der Waals surface area contributed by atoms with E-state index in [0.717, 1.165) is 0 Å². The first-order valence-corrected chi connectivity index (χ1v) is 3.92. The average Bonchev–Trinajstić information content (AvgIpc) is 2.69. The lowest BCUT2D eigenvalue weighted by molar-refractivity contribution is -0.139. The van der Waals surface area contributed by atoms with Gasteiger partial charge in [0.1, 0.15) is 6.42 Å². The highest BCUT2D eigenvalue weighted by atomic mass is 16.5. The second kappa shape index (κ2) is 5.50. The second-order valence-corrected chi connectivity index (χ2v) is 2.28. The minimum Gasteiger partial charge on any atom is -0.468 e. The van der Waals surface area contributed by atoms with Crippen LogP contribution >= 0.6 is 0 Å². The van der Waals surface area contributed by atoms with Gasteiger partial charge >= 0.3 is 5.97 Å². The highest BCUT2D eigenvalue weighted by Gasteiger charge is 1.92. The number of esters is 1. The number of rotatable bonds is 1. The molecule has 0 fully saturated rings. The third-order valence-electron chi connectivity index (χ3n) is 1.32. The summed E-state index contributed by atoms with van der Waals surface area (Å²) in [6.45, 7) is 0. The maximum absolute atomic E-state index is 10.6. The topological polar surface area (TPSA) is 39.4 Å². The molecule has 0 aliphatic carbocycles. The van der Waals surface area contributed by atoms with Gasteiger partial charge in [-0.05, 0) is 29.9 Å². The van der Waals surface area contributed by atoms with Crippen molar-refractivity contribution in [2.75, 3.05) is 7.11 Å². The van der Waals surface area contributed by atoms with Gasteiger partial charge in [0.05, 0.1) is 13.4 Å². The summed E-state index contributed by atoms with van der Waals surface area (Å²) < 4.78 is 9.34. The maximum Gasteiger partial charge on any atom is 0.317 e. The first kappa shape index (κ1) is 9.95. The molecular weight excluding hydrogens is 180 g/mol. The number of carbonyl (C=O) groups is 1. The van der Waals surface area contributed by atoms with Crippen LogP contribution in [0.15, 0.2) is 22.8 Å². The fourth-order valence-electron chi connectivity index (χ4n) is 0.675. The Morgan fingerprint density at radius 1 is 1.57 bits per heavy atom. The Kier molecular flexibility index (Phi) is 3.91. The fraction of sp³-hybridized carbons (Fsp3) is 0.182. The molecule has 0 saturated heterocycles. The van der Waals surface area contributed by atoms with Crippen LogP contribution in [-0.2, 0) is 9.53 Å². The van der Waals surface area contributed by atoms with Gasteiger partial charge in [0.2, 0.25) is 0 Å². The lowest BCUT2D eigenvalue weighted by atomic mass is 10.4. The third-order valence-corrected chi connectivity index (χ3v) is 1.32. The molecule has 0 aliphatic heterocycles. The molecule has 0 radical (unpaired) electrons. The van der Waals surface area contributed by atoms with E-state index in [9.17, 15) is 4.79 Å². The Morgan fingerprint density at radius 3 is 3.07 bits per heavy atom. The SMILES string of the molecule is COC(=O)CC#CC#Cc1ccco1. The van der Waals surface area contributed by atoms with Crippen LogP contribution < -0.4 is 0 Å². The van der Waals surface area contributed by atoms with Crippen molar-refractivity contribution in [3.8, 4) is 23.7 Å². The van der Waals surface area contributed by atoms with Crippen LogP contribution in [0.3, 0.4) is 0 Å². The van der Waals surface area contributed by atoms with Crippen molar-refractivity contribution < 1.29 is 13.9 Å². The van der Waals surface area contributed by atoms with Crippen molar-refractivity contribution >= 4 is 5.97 Å². The van der Waals surface area contributed by atoms with Crippen LogP contribution in [0.1, 0.15) is 12.2 Å². The van der Waals surface area contributed by atoms with Crippen molar-refractivity contribution in [2.24, 2.45) is 0 Å². The Labute approximate surface area is 82.1 Å². The smallest absolute Gasteiger partial charge is 0.317 e. The fourth-order valence-corrected chi connectivity index (χ4v) is 0.675. The summed E-state index contributed by atoms with van der Waals surface area (Å²) in [5, 5.41) is 0. The van der Waals surface area contributed by atoms with Gasteiger partial charge in [-0.2, -0.15) is 0 Å². The molecule has 0 aliphatic rings. The zero-order valence-electron chi connectivity index (χ0n) is 7.66. The van der Waals surface area contributed by atoms with E-state index in [4.69, 9.17) is 4.42 Å². The quantitative estimate of drug-likeness (QED) is 0.491. The molecule has 14 heavy (non-hydrogen) atoms. The van der Waals surface area contributed by atoms with E-state index in [-0.39, 0.29) is 12.4 Å². The molecule has 3 heteroatoms. The molecule has 1 aromatic rings. The van der Waals surface area contributed by atoms with Gasteiger partial charge in [0, 0.05) is 0 Å². The lowest BCUT2D eigenvalue weighted by Gasteiger charge is -1.87. The largest absolute Gasteiger partial charge is 0.468 e. The Hall–Kier alpha value is -2.13. The number of furan rings is 1. The van der Waals surface area contributed by atoms with Gasteiger partial charge in [-0.15, -0.1) is 0 Å². The van der Waals surface area contributed by atoms with Gasteiger partial charge in [-0.3, -0.25) is 4.79 Å². The van der Waals surface area contributed by atoms with Crippen molar-refractivity contribution in [3.63, 3.8) is 0 Å². The van der Waals surface area contributed by atoms with Gasteiger partial charge in [0.25, 0.3) is 0 Å². The zero-order chi connectivity index (χ0) is 10.2. The molecule has 0 N–H and O–H groups in total. The van der Waals surface area contributed by atoms with Gasteiger partial charge < -0.3 is 9.15 Å². The summed E-state index contributed by atoms with van der Waals surface area (Å²) in [7, 11) is 1.32. The predicted octanol–water partition coefficient (Wildman–Crippen LogP) is 1.20. The van der Waals surface area contributed by atoms with Crippen LogP contribution in [0.5, 0.6) is 0 Å². The van der Waals surface area contributed by atoms with E-state index in [2.05, 4.69) is 28.4 Å². The molecule has 0 amide bonds. The van der Waals surface area contributed by atoms with Crippen LogP contribution in [0, 0.1) is 23.7 Å². The van der Waals surface area contributed by atoms with Gasteiger partial charge in [-0.1, -0.05) is 5.92 Å². The van der Waals surface area contributed by atoms with Crippen LogP contribution in [0.2, 0.25) is 0 Å². The minimum atomic E-state index is -0.364. The van der Waals surface area contributed by atoms with Crippen LogP contribution in [0.4, 0.5) is 0 Å². The van der Waals surface area contributed by atoms with E-state index >= 15 is 0 Å². The Balaban J connectivity index is 2.43. The molecule has 0 saturated carbocycles. The Bertz CT molecular complexity index is 407. The average molecular weight is 188 g/mol. The molecule has 0 atom stereocenters. The molecule has 0 aromatic carbocycles. The predicted molar refractivity (Wildman–Crippen MR) is 50.0 cm³/mol. The molecule has 0 bridgehead atoms. The van der Waals surface area contributed by atoms with Crippen molar-refractivity contribution in [1.29, 1.82) is 0 Å². The molecule has 3 nitrogen and oxygen atoms in total. The summed E-state index contributed by atoms with van der Waals surface area (Å²) in [4.78, 5) is 10.6. The van der Waals surface area contributed by atoms with E-state index < -0.39 is 0 Å². The number of hydrogen-bond acceptors (Lipinski definition) is 3. The van der Waals surface area contributed by atoms with Crippen LogP contribution in [-0.4, -0.2) is 13.1 Å². The first-order valence-electron chi connectivity index (χ1n) is 3.92. The van der Waals surface area contributed by atoms with Gasteiger partial charge in [0.15, 0.2) is 5.76 Å². The molecule has 1 aromatic heterocycles. The minimum absolute atomic E-state index is 0.0589. The molecule has 0 spiro atoms. The van der Waals surface area contributed by atoms with Crippen molar-refractivity contribution in [3.05, 3.63) is 24.2 Å². The first-order chi connectivity index (χ1) is 6.83. The zero-order valence-corrected chi connectivity index (χ0v) is 7.66. The van der Waals surface area contributed by atoms with E-state index in [1.54, 1.807) is 12.1 Å². The summed E-state index contributed by atoms with van der Waals surface area (Å²) in [6.07, 6.45) is 1.59. The lowest BCUT2D eigenvalue weighted by Crippen LogP contribution is -1.96. The second-order valence-electron chi connectivity index (χ2n) is 2.28. The van der Waals surface area contributed by atoms with Crippen LogP contribution in [0.25, 0.3) is 0 Å².